The molecule has 0 saturated carbocycles. The summed E-state index contributed by atoms with van der Waals surface area (Å²) in [7, 11) is 1.18. The number of nitrogens with zero attached hydrogens (tertiary/aromatic N) is 1. The summed E-state index contributed by atoms with van der Waals surface area (Å²) in [4.78, 5) is 36.2. The molecule has 0 aromatic carbocycles. The first kappa shape index (κ1) is 18.0. The lowest BCUT2D eigenvalue weighted by molar-refractivity contribution is -0.857. The van der Waals surface area contributed by atoms with Crippen molar-refractivity contribution in [3.8, 4) is 0 Å². The van der Waals surface area contributed by atoms with Crippen molar-refractivity contribution in [1.29, 1.82) is 0 Å². The number of thioether (sulfide) groups is 1. The van der Waals surface area contributed by atoms with Gasteiger partial charge in [-0.2, -0.15) is 0 Å². The first-order valence-electron chi connectivity index (χ1n) is 7.23. The van der Waals surface area contributed by atoms with Crippen molar-refractivity contribution in [2.45, 2.75) is 62.4 Å². The zero-order valence-electron chi connectivity index (χ0n) is 14.0. The first-order chi connectivity index (χ1) is 10.3. The van der Waals surface area contributed by atoms with E-state index in [4.69, 9.17) is 4.74 Å². The maximum Gasteiger partial charge on any atom is 0.408 e. The molecule has 0 spiro atoms. The van der Waals surface area contributed by atoms with Crippen molar-refractivity contribution in [1.82, 2.24) is 5.32 Å². The molecule has 1 N–H and O–H groups in total. The summed E-state index contributed by atoms with van der Waals surface area (Å²) in [6, 6.07) is -2.12. The summed E-state index contributed by atoms with van der Waals surface area (Å²) in [5.41, 5.74) is -0.711. The molecule has 2 fully saturated rings. The molecule has 0 bridgehead atoms. The van der Waals surface area contributed by atoms with Gasteiger partial charge in [0.25, 0.3) is 0 Å². The van der Waals surface area contributed by atoms with Gasteiger partial charge in [-0.25, -0.2) is 14.4 Å². The fraction of sp³-hybridized carbons (Fsp3) is 0.786. The molecule has 2 heterocycles. The van der Waals surface area contributed by atoms with Crippen LogP contribution in [0.4, 0.5) is 4.79 Å². The maximum atomic E-state index is 13.0. The molecule has 0 aromatic heterocycles. The Morgan fingerprint density at radius 1 is 1.35 bits per heavy atom. The van der Waals surface area contributed by atoms with Gasteiger partial charge in [0.05, 0.1) is 11.9 Å². The Hall–Kier alpha value is -1.32. The van der Waals surface area contributed by atoms with Crippen LogP contribution in [0.2, 0.25) is 0 Å². The number of esters is 1. The number of carbonyl (C=O) groups is 3. The van der Waals surface area contributed by atoms with Crippen molar-refractivity contribution in [2.75, 3.05) is 7.11 Å². The fourth-order valence-corrected chi connectivity index (χ4v) is 4.69. The molecule has 4 atom stereocenters. The number of fused-ring (bicyclic) bond motifs is 1. The fourth-order valence-electron chi connectivity index (χ4n) is 2.98. The van der Waals surface area contributed by atoms with E-state index in [0.29, 0.717) is 0 Å². The number of methoxy groups -OCH3 is 1. The number of hydrogen-bond donors (Lipinski definition) is 1. The standard InChI is InChI=1S/C14H22N2O6S/c1-13(2,3)22-12(19)15-7-9(17)16(20)8(11(18)21-6)14(4,5)23-10(7)16/h7-8,10H,1-6H3,(H,15,19)/t7-,8+,10-,16?/m1/s1. The summed E-state index contributed by atoms with van der Waals surface area (Å²) in [6.07, 6.45) is -0.762. The number of rotatable bonds is 2. The zero-order valence-corrected chi connectivity index (χ0v) is 14.9. The number of nitrogens with one attached hydrogen (secondary N) is 1. The molecule has 9 heteroatoms. The lowest BCUT2D eigenvalue weighted by Gasteiger charge is -2.54. The largest absolute Gasteiger partial charge is 0.624 e. The van der Waals surface area contributed by atoms with Gasteiger partial charge in [-0.15, -0.1) is 0 Å². The average Bonchev–Trinajstić information content (AvgIpc) is 2.58. The third-order valence-electron chi connectivity index (χ3n) is 3.84. The predicted octanol–water partition coefficient (Wildman–Crippen LogP) is 1.13. The second-order valence-corrected chi connectivity index (χ2v) is 8.98. The Kier molecular flexibility index (Phi) is 4.20. The van der Waals surface area contributed by atoms with E-state index in [1.54, 1.807) is 34.6 Å². The van der Waals surface area contributed by atoms with Crippen LogP contribution in [0.1, 0.15) is 34.6 Å². The molecule has 23 heavy (non-hydrogen) atoms. The summed E-state index contributed by atoms with van der Waals surface area (Å²) in [6.45, 7) is 8.53. The van der Waals surface area contributed by atoms with Gasteiger partial charge in [-0.3, -0.25) is 9.96 Å². The number of ether oxygens (including phenoxy) is 2. The van der Waals surface area contributed by atoms with Crippen LogP contribution in [0.15, 0.2) is 0 Å². The van der Waals surface area contributed by atoms with Crippen LogP contribution in [0.25, 0.3) is 0 Å². The van der Waals surface area contributed by atoms with Crippen LogP contribution in [0, 0.1) is 5.21 Å². The topological polar surface area (TPSA) is 105 Å². The van der Waals surface area contributed by atoms with Crippen molar-refractivity contribution in [3.05, 3.63) is 5.21 Å². The summed E-state index contributed by atoms with van der Waals surface area (Å²) < 4.78 is 7.72. The number of quaternary nitrogens is 1. The summed E-state index contributed by atoms with van der Waals surface area (Å²) >= 11 is 1.21. The Labute approximate surface area is 139 Å². The van der Waals surface area contributed by atoms with Gasteiger partial charge in [0.1, 0.15) is 5.60 Å². The second-order valence-electron chi connectivity index (χ2n) is 7.21. The molecular weight excluding hydrogens is 324 g/mol. The molecule has 8 nitrogen and oxygen atoms in total. The minimum atomic E-state index is -1.30. The highest BCUT2D eigenvalue weighted by Crippen LogP contribution is 2.56. The molecule has 2 saturated heterocycles. The van der Waals surface area contributed by atoms with Crippen molar-refractivity contribution >= 4 is 29.7 Å². The third kappa shape index (κ3) is 2.81. The first-order valence-corrected chi connectivity index (χ1v) is 8.11. The maximum absolute atomic E-state index is 13.0. The Balaban J connectivity index is 2.18. The highest BCUT2D eigenvalue weighted by Gasteiger charge is 2.74. The number of carbonyl (C=O) groups excluding carboxylic acids is 3. The Morgan fingerprint density at radius 2 is 1.91 bits per heavy atom. The van der Waals surface area contributed by atoms with Crippen LogP contribution in [0.3, 0.4) is 0 Å². The van der Waals surface area contributed by atoms with Crippen LogP contribution < -0.4 is 5.32 Å². The van der Waals surface area contributed by atoms with Gasteiger partial charge in [0, 0.05) is 0 Å². The number of amides is 2. The highest BCUT2D eigenvalue weighted by atomic mass is 32.2. The van der Waals surface area contributed by atoms with Gasteiger partial charge in [-0.05, 0) is 34.6 Å². The van der Waals surface area contributed by atoms with Crippen LogP contribution in [-0.4, -0.2) is 57.5 Å². The van der Waals surface area contributed by atoms with Crippen molar-refractivity contribution in [3.63, 3.8) is 0 Å². The molecule has 2 rings (SSSR count). The van der Waals surface area contributed by atoms with Gasteiger partial charge in [0.15, 0.2) is 5.37 Å². The van der Waals surface area contributed by atoms with Gasteiger partial charge >= 0.3 is 18.0 Å². The minimum Gasteiger partial charge on any atom is -0.624 e. The van der Waals surface area contributed by atoms with E-state index in [0.717, 1.165) is 0 Å². The number of alkyl carbamates (subject to hydrolysis) is 1. The Morgan fingerprint density at radius 3 is 2.39 bits per heavy atom. The van der Waals surface area contributed by atoms with E-state index in [9.17, 15) is 19.6 Å². The molecule has 0 aromatic rings. The highest BCUT2D eigenvalue weighted by molar-refractivity contribution is 8.01. The van der Waals surface area contributed by atoms with Crippen LogP contribution >= 0.6 is 11.8 Å². The lowest BCUT2D eigenvalue weighted by atomic mass is 9.95. The van der Waals surface area contributed by atoms with Crippen LogP contribution in [0.5, 0.6) is 0 Å². The smallest absolute Gasteiger partial charge is 0.408 e. The second kappa shape index (κ2) is 5.35. The third-order valence-corrected chi connectivity index (χ3v) is 5.49. The van der Waals surface area contributed by atoms with E-state index in [1.165, 1.54) is 18.9 Å². The van der Waals surface area contributed by atoms with E-state index in [-0.39, 0.29) is 0 Å². The van der Waals surface area contributed by atoms with Crippen LogP contribution in [-0.2, 0) is 19.1 Å². The van der Waals surface area contributed by atoms with E-state index < -0.39 is 50.4 Å². The Bertz CT molecular complexity index is 558. The van der Waals surface area contributed by atoms with Crippen molar-refractivity contribution in [2.24, 2.45) is 0 Å². The lowest BCUT2D eigenvalue weighted by Crippen LogP contribution is -2.79. The SMILES string of the molecule is COC(=O)[C@H]1C(C)(C)S[C@@H]2[C@H](NC(=O)OC(C)(C)C)C(=O)[N+]21[O-]. The normalized spacial score (nSPS) is 35.1. The van der Waals surface area contributed by atoms with Crippen molar-refractivity contribution < 1.29 is 28.5 Å². The molecule has 2 aliphatic heterocycles. The number of hydroxylamine groups is 3. The summed E-state index contributed by atoms with van der Waals surface area (Å²) in [5.74, 6) is -1.47. The van der Waals surface area contributed by atoms with E-state index in [2.05, 4.69) is 10.1 Å². The molecule has 130 valence electrons. The predicted molar refractivity (Wildman–Crippen MR) is 83.1 cm³/mol. The molecule has 1 unspecified atom stereocenters. The average molecular weight is 346 g/mol. The zero-order chi connectivity index (χ0) is 17.8. The van der Waals surface area contributed by atoms with E-state index in [1.807, 2.05) is 0 Å². The van der Waals surface area contributed by atoms with Gasteiger partial charge < -0.3 is 14.7 Å². The molecule has 0 aliphatic carbocycles. The van der Waals surface area contributed by atoms with E-state index >= 15 is 0 Å². The summed E-state index contributed by atoms with van der Waals surface area (Å²) in [5, 5.41) is 14.6. The molecular formula is C14H22N2O6S. The quantitative estimate of drug-likeness (QED) is 0.346. The number of hydrogen-bond acceptors (Lipinski definition) is 7. The number of β-lactam (4-membered cyclic amide) rings is 1. The minimum absolute atomic E-state index is 0.711. The van der Waals surface area contributed by atoms with Gasteiger partial charge in [0.2, 0.25) is 12.1 Å². The molecule has 2 amide bonds. The molecule has 2 aliphatic rings. The molecule has 0 radical (unpaired) electrons. The monoisotopic (exact) mass is 346 g/mol. The van der Waals surface area contributed by atoms with Gasteiger partial charge in [-0.1, -0.05) is 11.8 Å².